The van der Waals surface area contributed by atoms with Gasteiger partial charge >= 0.3 is 0 Å². The summed E-state index contributed by atoms with van der Waals surface area (Å²) < 4.78 is 48.3. The Balaban J connectivity index is 1.23. The van der Waals surface area contributed by atoms with Gasteiger partial charge < -0.3 is 23.9 Å². The molecule has 2 aliphatic heterocycles. The van der Waals surface area contributed by atoms with Gasteiger partial charge in [-0.15, -0.1) is 0 Å². The summed E-state index contributed by atoms with van der Waals surface area (Å²) in [5, 5.41) is 14.5. The van der Waals surface area contributed by atoms with Gasteiger partial charge in [-0.25, -0.2) is 8.42 Å². The normalized spacial score (nSPS) is 28.6. The molecule has 10 heteroatoms. The SMILES string of the molecule is COc1ccc2c3c1O[C@H]1[C@H](N(C)C(=O)/C=C\c4ccoc4)CC[C@@]4(O)[C@@H](C2)N(S(=O)(=O)c2cccc5ccccc25)CC[C@]314. The zero-order chi connectivity index (χ0) is 31.1. The molecule has 0 unspecified atom stereocenters. The maximum atomic E-state index is 14.6. The molecule has 1 aromatic heterocycles. The van der Waals surface area contributed by atoms with E-state index in [9.17, 15) is 18.3 Å². The molecule has 0 radical (unpaired) electrons. The van der Waals surface area contributed by atoms with Crippen LogP contribution in [-0.2, 0) is 26.7 Å². The molecule has 1 spiro atoms. The number of piperidine rings is 1. The van der Waals surface area contributed by atoms with Crippen LogP contribution in [0.25, 0.3) is 16.8 Å². The Morgan fingerprint density at radius 3 is 2.73 bits per heavy atom. The third-order valence-corrected chi connectivity index (χ3v) is 12.7. The van der Waals surface area contributed by atoms with Crippen molar-refractivity contribution >= 4 is 32.8 Å². The number of sulfonamides is 1. The number of hydrogen-bond acceptors (Lipinski definition) is 7. The van der Waals surface area contributed by atoms with E-state index in [0.29, 0.717) is 42.6 Å². The van der Waals surface area contributed by atoms with Crippen molar-refractivity contribution in [2.24, 2.45) is 0 Å². The number of amides is 1. The molecule has 1 N–H and O–H groups in total. The maximum Gasteiger partial charge on any atom is 0.246 e. The number of likely N-dealkylation sites (N-methyl/N-ethyl adjacent to an activating group) is 1. The van der Waals surface area contributed by atoms with Gasteiger partial charge in [0.15, 0.2) is 11.5 Å². The van der Waals surface area contributed by atoms with Gasteiger partial charge in [-0.2, -0.15) is 4.31 Å². The average Bonchev–Trinajstić information content (AvgIpc) is 3.69. The van der Waals surface area contributed by atoms with Gasteiger partial charge in [0.2, 0.25) is 15.9 Å². The van der Waals surface area contributed by atoms with Crippen LogP contribution in [0.3, 0.4) is 0 Å². The first-order chi connectivity index (χ1) is 21.7. The van der Waals surface area contributed by atoms with Crippen LogP contribution in [0, 0.1) is 0 Å². The third kappa shape index (κ3) is 3.79. The minimum absolute atomic E-state index is 0.196. The van der Waals surface area contributed by atoms with Crippen molar-refractivity contribution in [3.05, 3.63) is 96.0 Å². The Morgan fingerprint density at radius 2 is 1.93 bits per heavy atom. The molecule has 1 amide bonds. The van der Waals surface area contributed by atoms with Crippen LogP contribution in [0.5, 0.6) is 11.5 Å². The molecule has 1 saturated carbocycles. The van der Waals surface area contributed by atoms with Crippen molar-refractivity contribution in [2.45, 2.75) is 59.8 Å². The summed E-state index contributed by atoms with van der Waals surface area (Å²) in [6.07, 6.45) is 7.17. The van der Waals surface area contributed by atoms with E-state index in [-0.39, 0.29) is 23.4 Å². The Hall–Kier alpha value is -4.12. The second-order valence-electron chi connectivity index (χ2n) is 12.6. The molecule has 9 nitrogen and oxygen atoms in total. The van der Waals surface area contributed by atoms with Crippen molar-refractivity contribution in [3.8, 4) is 11.5 Å². The van der Waals surface area contributed by atoms with E-state index in [1.807, 2.05) is 42.5 Å². The van der Waals surface area contributed by atoms with Crippen molar-refractivity contribution in [1.29, 1.82) is 0 Å². The fourth-order valence-electron chi connectivity index (χ4n) is 8.68. The lowest BCUT2D eigenvalue weighted by Gasteiger charge is -2.64. The smallest absolute Gasteiger partial charge is 0.246 e. The van der Waals surface area contributed by atoms with Gasteiger partial charge in [-0.05, 0) is 60.9 Å². The highest BCUT2D eigenvalue weighted by Gasteiger charge is 2.74. The summed E-state index contributed by atoms with van der Waals surface area (Å²) in [5.41, 5.74) is 0.265. The average molecular weight is 627 g/mol. The van der Waals surface area contributed by atoms with Crippen LogP contribution in [0.1, 0.15) is 36.0 Å². The molecule has 3 aromatic carbocycles. The Bertz CT molecular complexity index is 1970. The summed E-state index contributed by atoms with van der Waals surface area (Å²) in [5.74, 6) is 0.957. The number of ether oxygens (including phenoxy) is 2. The fourth-order valence-corrected chi connectivity index (χ4v) is 10.6. The molecular weight excluding hydrogens is 592 g/mol. The lowest BCUT2D eigenvalue weighted by atomic mass is 9.48. The molecule has 2 bridgehead atoms. The van der Waals surface area contributed by atoms with Gasteiger partial charge in [0, 0.05) is 36.2 Å². The summed E-state index contributed by atoms with van der Waals surface area (Å²) in [7, 11) is -0.641. The van der Waals surface area contributed by atoms with Crippen LogP contribution in [-0.4, -0.2) is 73.1 Å². The van der Waals surface area contributed by atoms with E-state index in [1.54, 1.807) is 55.9 Å². The van der Waals surface area contributed by atoms with E-state index in [4.69, 9.17) is 13.9 Å². The molecule has 45 heavy (non-hydrogen) atoms. The summed E-state index contributed by atoms with van der Waals surface area (Å²) in [6.45, 7) is 0.208. The molecule has 8 rings (SSSR count). The standard InChI is InChI=1S/C35H34N2O7S/c1-36(30(38)13-10-22-15-19-43-21-22)26-14-16-35(39)29-20-24-11-12-27(42-2)32-31(24)34(35,33(26)44-32)17-18-37(29)45(40,41)28-9-5-7-23-6-3-4-8-25(23)28/h3-13,15,19,21,26,29,33,39H,14,16-18,20H2,1-2H3/b13-10-/t26-,29-,33+,34+,35-/m1/s1. The van der Waals surface area contributed by atoms with Crippen LogP contribution in [0.15, 0.2) is 88.6 Å². The minimum atomic E-state index is -3.99. The number of methoxy groups -OCH3 is 1. The van der Waals surface area contributed by atoms with E-state index in [2.05, 4.69) is 0 Å². The quantitative estimate of drug-likeness (QED) is 0.314. The lowest BCUT2D eigenvalue weighted by Crippen LogP contribution is -2.78. The monoisotopic (exact) mass is 626 g/mol. The predicted molar refractivity (Wildman–Crippen MR) is 168 cm³/mol. The molecule has 2 aliphatic carbocycles. The van der Waals surface area contributed by atoms with Crippen molar-refractivity contribution in [1.82, 2.24) is 9.21 Å². The van der Waals surface area contributed by atoms with Gasteiger partial charge in [0.05, 0.1) is 47.6 Å². The van der Waals surface area contributed by atoms with E-state index >= 15 is 0 Å². The molecule has 1 saturated heterocycles. The highest BCUT2D eigenvalue weighted by Crippen LogP contribution is 2.66. The third-order valence-electron chi connectivity index (χ3n) is 10.7. The highest BCUT2D eigenvalue weighted by molar-refractivity contribution is 7.89. The highest BCUT2D eigenvalue weighted by atomic mass is 32.2. The van der Waals surface area contributed by atoms with Crippen molar-refractivity contribution in [3.63, 3.8) is 0 Å². The molecule has 5 atom stereocenters. The zero-order valence-electron chi connectivity index (χ0n) is 25.0. The molecule has 3 heterocycles. The molecule has 4 aliphatic rings. The summed E-state index contributed by atoms with van der Waals surface area (Å²) in [6, 6.07) is 17.3. The Kier molecular flexibility index (Phi) is 6.26. The number of nitrogens with zero attached hydrogens (tertiary/aromatic N) is 2. The second-order valence-corrected chi connectivity index (χ2v) is 14.4. The van der Waals surface area contributed by atoms with Crippen molar-refractivity contribution < 1.29 is 32.2 Å². The topological polar surface area (TPSA) is 110 Å². The van der Waals surface area contributed by atoms with Crippen LogP contribution >= 0.6 is 0 Å². The van der Waals surface area contributed by atoms with Gasteiger partial charge in [-0.3, -0.25) is 4.79 Å². The molecule has 232 valence electrons. The first-order valence-corrected chi connectivity index (χ1v) is 16.7. The maximum absolute atomic E-state index is 14.6. The largest absolute Gasteiger partial charge is 0.493 e. The van der Waals surface area contributed by atoms with E-state index in [0.717, 1.165) is 22.1 Å². The number of furan rings is 1. The van der Waals surface area contributed by atoms with Gasteiger partial charge in [-0.1, -0.05) is 42.5 Å². The fraction of sp³-hybridized carbons (Fsp3) is 0.343. The van der Waals surface area contributed by atoms with Gasteiger partial charge in [0.25, 0.3) is 0 Å². The second kappa shape index (κ2) is 9.94. The lowest BCUT2D eigenvalue weighted by molar-refractivity contribution is -0.186. The van der Waals surface area contributed by atoms with E-state index < -0.39 is 33.2 Å². The zero-order valence-corrected chi connectivity index (χ0v) is 25.9. The van der Waals surface area contributed by atoms with Crippen LogP contribution in [0.4, 0.5) is 0 Å². The Labute approximate surface area is 261 Å². The number of benzene rings is 3. The van der Waals surface area contributed by atoms with Crippen molar-refractivity contribution in [2.75, 3.05) is 20.7 Å². The number of carbonyl (C=O) groups excluding carboxylic acids is 1. The van der Waals surface area contributed by atoms with Gasteiger partial charge in [0.1, 0.15) is 6.10 Å². The number of fused-ring (bicyclic) bond motifs is 1. The van der Waals surface area contributed by atoms with E-state index in [1.165, 1.54) is 10.4 Å². The number of aliphatic hydroxyl groups is 1. The first-order valence-electron chi connectivity index (χ1n) is 15.3. The molecular formula is C35H34N2O7S. The summed E-state index contributed by atoms with van der Waals surface area (Å²) in [4.78, 5) is 15.4. The number of carbonyl (C=O) groups is 1. The number of hydrogen-bond donors (Lipinski definition) is 1. The first kappa shape index (κ1) is 28.4. The minimum Gasteiger partial charge on any atom is -0.493 e. The number of rotatable bonds is 6. The van der Waals surface area contributed by atoms with Crippen LogP contribution in [0.2, 0.25) is 0 Å². The summed E-state index contributed by atoms with van der Waals surface area (Å²) >= 11 is 0. The predicted octanol–water partition coefficient (Wildman–Crippen LogP) is 4.52. The Morgan fingerprint density at radius 1 is 1.11 bits per heavy atom. The molecule has 4 aromatic rings. The van der Waals surface area contributed by atoms with Crippen LogP contribution < -0.4 is 9.47 Å². The molecule has 2 fully saturated rings.